The molecular weight excluding hydrogens is 228 g/mol. The molecule has 4 unspecified atom stereocenters. The zero-order valence-electron chi connectivity index (χ0n) is 7.72. The fourth-order valence-electron chi connectivity index (χ4n) is 0.801. The molecule has 0 bridgehead atoms. The summed E-state index contributed by atoms with van der Waals surface area (Å²) >= 11 is 0. The van der Waals surface area contributed by atoms with Gasteiger partial charge in [-0.25, -0.2) is 9.59 Å². The number of aliphatic carboxylic acids is 2. The lowest BCUT2D eigenvalue weighted by atomic mass is 10.0. The summed E-state index contributed by atoms with van der Waals surface area (Å²) in [4.78, 5) is 30.9. The SMILES string of the molecule is O=C(O)C(=O)C(O)C(O)C(O)C(O)C(=O)O. The van der Waals surface area contributed by atoms with E-state index in [0.717, 1.165) is 0 Å². The third-order valence-electron chi connectivity index (χ3n) is 1.73. The minimum absolute atomic E-state index is 1.83. The number of carbonyl (C=O) groups excluding carboxylic acids is 1. The molecule has 0 aliphatic heterocycles. The number of hydrogen-bond acceptors (Lipinski definition) is 7. The second-order valence-electron chi connectivity index (χ2n) is 2.88. The molecule has 4 atom stereocenters. The molecule has 0 spiro atoms. The van der Waals surface area contributed by atoms with E-state index >= 15 is 0 Å². The summed E-state index contributed by atoms with van der Waals surface area (Å²) in [5.74, 6) is -5.80. The number of Topliss-reactive ketones (excluding diaryl/α,β-unsaturated/α-hetero) is 1. The Morgan fingerprint density at radius 2 is 1.12 bits per heavy atom. The predicted octanol–water partition coefficient (Wildman–Crippen LogP) is -3.83. The molecule has 92 valence electrons. The average Bonchev–Trinajstić information content (AvgIpc) is 2.23. The molecular formula is C7H10O9. The third-order valence-corrected chi connectivity index (χ3v) is 1.73. The largest absolute Gasteiger partial charge is 0.479 e. The van der Waals surface area contributed by atoms with E-state index in [9.17, 15) is 14.4 Å². The van der Waals surface area contributed by atoms with Crippen molar-refractivity contribution in [3.8, 4) is 0 Å². The maximum absolute atomic E-state index is 10.6. The highest BCUT2D eigenvalue weighted by Gasteiger charge is 2.39. The number of carboxylic acids is 2. The van der Waals surface area contributed by atoms with Crippen molar-refractivity contribution in [2.75, 3.05) is 0 Å². The van der Waals surface area contributed by atoms with Crippen molar-refractivity contribution in [2.24, 2.45) is 0 Å². The van der Waals surface area contributed by atoms with Gasteiger partial charge in [-0.3, -0.25) is 4.79 Å². The summed E-state index contributed by atoms with van der Waals surface area (Å²) in [5, 5.41) is 52.0. The number of rotatable bonds is 6. The van der Waals surface area contributed by atoms with Gasteiger partial charge in [0.05, 0.1) is 0 Å². The molecule has 0 fully saturated rings. The van der Waals surface area contributed by atoms with E-state index < -0.39 is 42.1 Å². The van der Waals surface area contributed by atoms with Gasteiger partial charge >= 0.3 is 11.9 Å². The van der Waals surface area contributed by atoms with Crippen molar-refractivity contribution >= 4 is 17.7 Å². The zero-order chi connectivity index (χ0) is 13.0. The first kappa shape index (κ1) is 14.5. The highest BCUT2D eigenvalue weighted by molar-refractivity contribution is 6.34. The Labute approximate surface area is 88.2 Å². The van der Waals surface area contributed by atoms with Crippen molar-refractivity contribution in [3.63, 3.8) is 0 Å². The maximum Gasteiger partial charge on any atom is 0.375 e. The van der Waals surface area contributed by atoms with Crippen LogP contribution in [0.1, 0.15) is 0 Å². The molecule has 0 saturated carbocycles. The molecule has 0 aromatic heterocycles. The van der Waals surface area contributed by atoms with Crippen molar-refractivity contribution in [1.29, 1.82) is 0 Å². The van der Waals surface area contributed by atoms with E-state index in [1.807, 2.05) is 0 Å². The first-order valence-electron chi connectivity index (χ1n) is 3.92. The number of carboxylic acid groups (broad SMARTS) is 2. The van der Waals surface area contributed by atoms with E-state index in [-0.39, 0.29) is 0 Å². The predicted molar refractivity (Wildman–Crippen MR) is 44.3 cm³/mol. The first-order valence-corrected chi connectivity index (χ1v) is 3.92. The normalized spacial score (nSPS) is 18.2. The maximum atomic E-state index is 10.6. The van der Waals surface area contributed by atoms with E-state index in [1.165, 1.54) is 0 Å². The topological polar surface area (TPSA) is 173 Å². The molecule has 0 aromatic carbocycles. The Morgan fingerprint density at radius 1 is 0.750 bits per heavy atom. The minimum atomic E-state index is -2.53. The second-order valence-corrected chi connectivity index (χ2v) is 2.88. The van der Waals surface area contributed by atoms with Crippen LogP contribution in [0.25, 0.3) is 0 Å². The summed E-state index contributed by atoms with van der Waals surface area (Å²) in [6.45, 7) is 0. The van der Waals surface area contributed by atoms with Crippen LogP contribution in [0.4, 0.5) is 0 Å². The van der Waals surface area contributed by atoms with Gasteiger partial charge in [0.2, 0.25) is 0 Å². The Hall–Kier alpha value is -1.55. The lowest BCUT2D eigenvalue weighted by Gasteiger charge is -2.22. The number of aliphatic hydroxyl groups excluding tert-OH is 4. The number of ketones is 1. The summed E-state index contributed by atoms with van der Waals surface area (Å²) in [5.41, 5.74) is 0. The second kappa shape index (κ2) is 5.51. The van der Waals surface area contributed by atoms with Gasteiger partial charge in [-0.1, -0.05) is 0 Å². The molecule has 6 N–H and O–H groups in total. The van der Waals surface area contributed by atoms with E-state index in [1.54, 1.807) is 0 Å². The summed E-state index contributed by atoms with van der Waals surface area (Å²) < 4.78 is 0. The van der Waals surface area contributed by atoms with Gasteiger partial charge in [0.25, 0.3) is 5.78 Å². The molecule has 0 radical (unpaired) electrons. The van der Waals surface area contributed by atoms with Gasteiger partial charge in [-0.05, 0) is 0 Å². The Balaban J connectivity index is 4.67. The first-order chi connectivity index (χ1) is 7.20. The van der Waals surface area contributed by atoms with Crippen molar-refractivity contribution in [3.05, 3.63) is 0 Å². The van der Waals surface area contributed by atoms with Gasteiger partial charge < -0.3 is 30.6 Å². The van der Waals surface area contributed by atoms with Crippen LogP contribution in [0.3, 0.4) is 0 Å². The lowest BCUT2D eigenvalue weighted by Crippen LogP contribution is -2.51. The van der Waals surface area contributed by atoms with Crippen LogP contribution in [0, 0.1) is 0 Å². The lowest BCUT2D eigenvalue weighted by molar-refractivity contribution is -0.169. The van der Waals surface area contributed by atoms with Crippen LogP contribution < -0.4 is 0 Å². The Bertz CT molecular complexity index is 298. The molecule has 9 nitrogen and oxygen atoms in total. The van der Waals surface area contributed by atoms with E-state index in [4.69, 9.17) is 30.6 Å². The zero-order valence-corrected chi connectivity index (χ0v) is 7.72. The van der Waals surface area contributed by atoms with Crippen LogP contribution in [-0.4, -0.2) is 72.8 Å². The van der Waals surface area contributed by atoms with Gasteiger partial charge in [0.1, 0.15) is 12.2 Å². The van der Waals surface area contributed by atoms with Crippen LogP contribution in [0.2, 0.25) is 0 Å². The van der Waals surface area contributed by atoms with Crippen molar-refractivity contribution in [1.82, 2.24) is 0 Å². The monoisotopic (exact) mass is 238 g/mol. The molecule has 0 heterocycles. The van der Waals surface area contributed by atoms with Crippen LogP contribution in [-0.2, 0) is 14.4 Å². The molecule has 0 aromatic rings. The van der Waals surface area contributed by atoms with Crippen LogP contribution in [0.15, 0.2) is 0 Å². The van der Waals surface area contributed by atoms with Gasteiger partial charge in [-0.15, -0.1) is 0 Å². The van der Waals surface area contributed by atoms with Gasteiger partial charge in [-0.2, -0.15) is 0 Å². The summed E-state index contributed by atoms with van der Waals surface area (Å²) in [7, 11) is 0. The Morgan fingerprint density at radius 3 is 1.44 bits per heavy atom. The highest BCUT2D eigenvalue weighted by atomic mass is 16.4. The molecule has 0 aliphatic carbocycles. The minimum Gasteiger partial charge on any atom is -0.479 e. The van der Waals surface area contributed by atoms with Gasteiger partial charge in [0, 0.05) is 0 Å². The fraction of sp³-hybridized carbons (Fsp3) is 0.571. The molecule has 0 saturated heterocycles. The molecule has 0 rings (SSSR count). The fourth-order valence-corrected chi connectivity index (χ4v) is 0.801. The van der Waals surface area contributed by atoms with Crippen LogP contribution >= 0.6 is 0 Å². The number of carbonyl (C=O) groups is 3. The number of hydrogen-bond donors (Lipinski definition) is 6. The molecule has 16 heavy (non-hydrogen) atoms. The summed E-state index contributed by atoms with van der Waals surface area (Å²) in [6, 6.07) is 0. The Kier molecular flexibility index (Phi) is 4.98. The van der Waals surface area contributed by atoms with E-state index in [0.29, 0.717) is 0 Å². The average molecular weight is 238 g/mol. The highest BCUT2D eigenvalue weighted by Crippen LogP contribution is 2.06. The molecule has 0 aliphatic rings. The van der Waals surface area contributed by atoms with Gasteiger partial charge in [0.15, 0.2) is 12.2 Å². The number of aliphatic hydroxyl groups is 4. The molecule has 0 amide bonds. The third kappa shape index (κ3) is 3.24. The summed E-state index contributed by atoms with van der Waals surface area (Å²) in [6.07, 6.45) is -9.79. The van der Waals surface area contributed by atoms with E-state index in [2.05, 4.69) is 0 Å². The quantitative estimate of drug-likeness (QED) is 0.253. The van der Waals surface area contributed by atoms with Crippen molar-refractivity contribution < 1.29 is 45.0 Å². The standard InChI is InChI=1S/C7H10O9/c8-1(2(9)4(11)6(13)14)3(10)5(12)7(15)16/h1-4,8-11H,(H,13,14)(H,15,16). The molecule has 9 heteroatoms. The van der Waals surface area contributed by atoms with Crippen molar-refractivity contribution in [2.45, 2.75) is 24.4 Å². The smallest absolute Gasteiger partial charge is 0.375 e. The van der Waals surface area contributed by atoms with Crippen LogP contribution in [0.5, 0.6) is 0 Å².